The van der Waals surface area contributed by atoms with E-state index in [0.717, 1.165) is 124 Å². The van der Waals surface area contributed by atoms with Gasteiger partial charge in [0.1, 0.15) is 50.5 Å². The molecular weight excluding hydrogens is 1600 g/mol. The van der Waals surface area contributed by atoms with Crippen LogP contribution < -0.4 is 40.3 Å². The maximum absolute atomic E-state index is 17.4. The molecule has 2 aliphatic rings. The van der Waals surface area contributed by atoms with Crippen LogP contribution in [0, 0.1) is 53.2 Å². The van der Waals surface area contributed by atoms with Crippen LogP contribution in [-0.2, 0) is 10.8 Å². The fourth-order valence-electron chi connectivity index (χ4n) is 20.1. The van der Waals surface area contributed by atoms with Crippen molar-refractivity contribution in [1.29, 1.82) is 0 Å². The molecule has 632 valence electrons. The van der Waals surface area contributed by atoms with Crippen LogP contribution in [0.3, 0.4) is 0 Å². The van der Waals surface area contributed by atoms with Gasteiger partial charge in [0, 0.05) is 78.5 Å². The largest absolute Gasteiger partial charge is 0.456 e. The summed E-state index contributed by atoms with van der Waals surface area (Å²) in [7, 11) is -4.62. The second kappa shape index (κ2) is 32.8. The number of benzene rings is 16. The molecule has 2 aromatic heterocycles. The lowest BCUT2D eigenvalue weighted by Gasteiger charge is -2.30. The maximum atomic E-state index is 17.4. The molecule has 0 unspecified atom stereocenters. The van der Waals surface area contributed by atoms with Crippen molar-refractivity contribution in [3.63, 3.8) is 0 Å². The van der Waals surface area contributed by atoms with Crippen molar-refractivity contribution in [2.24, 2.45) is 0 Å². The number of hydrogen-bond acceptors (Lipinski definition) is 6. The Morgan fingerprint density at radius 2 is 0.523 bits per heavy atom. The van der Waals surface area contributed by atoms with Crippen molar-refractivity contribution >= 4 is 127 Å². The van der Waals surface area contributed by atoms with E-state index >= 15 is 8.78 Å². The summed E-state index contributed by atoms with van der Waals surface area (Å²) in [6, 6.07) is 122. The molecule has 0 saturated carbocycles. The van der Waals surface area contributed by atoms with Crippen molar-refractivity contribution in [2.45, 2.75) is 120 Å². The second-order valence-electron chi connectivity index (χ2n) is 38.0. The van der Waals surface area contributed by atoms with Gasteiger partial charge in [-0.3, -0.25) is 0 Å². The van der Waals surface area contributed by atoms with Crippen LogP contribution >= 0.6 is 0 Å². The number of halogens is 2. The van der Waals surface area contributed by atoms with Gasteiger partial charge in [-0.2, -0.15) is 0 Å². The standard InChI is InChI=1S/C64H46F2N2OSi.C54H60N2OSi/c1-70(2)60-36-34-52(68(50-31-19-8-20-32-50)62-54(46-27-15-6-16-28-46)38-48(40-58(62)66)44-23-11-4-12-24-44)42-56(60)63-64(70)55-41-51(33-35-59(55)69-63)67(49-29-17-7-18-30-49)61-53(45-25-13-5-14-26-45)37-47(39-57(61)65)43-21-9-3-10-22-43;1-33-27-35(3)49(36(4)28-33)55(41-19-15-39(16-20-41)53(7,8)9)43-23-25-47-45(31-43)52-51(57-47)46-32-44(24-26-48(46)58(52,13)14)56(50-37(5)29-34(2)30-38(50)6)42-21-17-40(18-22-42)54(10,11)12/h3-42H,1-2H3;15-32H,1-14H3. The van der Waals surface area contributed by atoms with Gasteiger partial charge in [0.15, 0.2) is 0 Å². The molecule has 0 aliphatic carbocycles. The van der Waals surface area contributed by atoms with E-state index in [9.17, 15) is 0 Å². The van der Waals surface area contributed by atoms with Gasteiger partial charge in [0.2, 0.25) is 0 Å². The van der Waals surface area contributed by atoms with Crippen molar-refractivity contribution in [3.8, 4) is 67.2 Å². The Bertz CT molecular complexity index is 7230. The minimum absolute atomic E-state index is 0.0755. The molecule has 0 atom stereocenters. The number of para-hydroxylation sites is 2. The van der Waals surface area contributed by atoms with Crippen LogP contribution in [0.4, 0.5) is 77.0 Å². The highest BCUT2D eigenvalue weighted by Gasteiger charge is 2.45. The molecule has 0 fully saturated rings. The average molecular weight is 1710 g/mol. The van der Waals surface area contributed by atoms with Crippen molar-refractivity contribution < 1.29 is 17.6 Å². The summed E-state index contributed by atoms with van der Waals surface area (Å²) in [4.78, 5) is 9.00. The van der Waals surface area contributed by atoms with Gasteiger partial charge in [-0.05, 0) is 273 Å². The number of aryl methyl sites for hydroxylation is 6. The van der Waals surface area contributed by atoms with Crippen molar-refractivity contribution in [3.05, 3.63) is 408 Å². The Morgan fingerprint density at radius 3 is 0.844 bits per heavy atom. The average Bonchev–Trinajstić information content (AvgIpc) is 1.55. The zero-order valence-electron chi connectivity index (χ0n) is 75.8. The lowest BCUT2D eigenvalue weighted by atomic mass is 9.87. The van der Waals surface area contributed by atoms with Gasteiger partial charge in [0.25, 0.3) is 0 Å². The summed E-state index contributed by atoms with van der Waals surface area (Å²) in [5.41, 5.74) is 32.5. The summed E-state index contributed by atoms with van der Waals surface area (Å²) in [6.07, 6.45) is 0. The third-order valence-electron chi connectivity index (χ3n) is 26.2. The summed E-state index contributed by atoms with van der Waals surface area (Å²) >= 11 is 0. The Hall–Kier alpha value is -13.9. The van der Waals surface area contributed by atoms with Crippen LogP contribution in [0.1, 0.15) is 86.1 Å². The van der Waals surface area contributed by atoms with E-state index in [1.54, 1.807) is 12.1 Å². The number of anilines is 12. The number of nitrogens with zero attached hydrogens (tertiary/aromatic N) is 4. The van der Waals surface area contributed by atoms with Crippen LogP contribution in [0.5, 0.6) is 0 Å². The molecule has 20 rings (SSSR count). The van der Waals surface area contributed by atoms with Crippen LogP contribution in [-0.4, -0.2) is 16.1 Å². The molecule has 2 aliphatic heterocycles. The maximum Gasteiger partial charge on any atom is 0.148 e. The van der Waals surface area contributed by atoms with E-state index in [1.165, 1.54) is 87.6 Å². The summed E-state index contributed by atoms with van der Waals surface area (Å²) < 4.78 is 48.8. The smallest absolute Gasteiger partial charge is 0.148 e. The first-order chi connectivity index (χ1) is 61.5. The summed E-state index contributed by atoms with van der Waals surface area (Å²) in [6.45, 7) is 36.7. The van der Waals surface area contributed by atoms with E-state index in [0.29, 0.717) is 11.4 Å². The van der Waals surface area contributed by atoms with Crippen LogP contribution in [0.25, 0.3) is 89.1 Å². The zero-order valence-corrected chi connectivity index (χ0v) is 77.8. The van der Waals surface area contributed by atoms with Gasteiger partial charge in [-0.1, -0.05) is 297 Å². The quantitative estimate of drug-likeness (QED) is 0.0898. The highest BCUT2D eigenvalue weighted by Crippen LogP contribution is 2.52. The number of hydrogen-bond donors (Lipinski definition) is 0. The SMILES string of the molecule is C[Si]1(C)c2ccc(N(c3ccccc3)c3c(F)cc(-c4ccccc4)cc3-c3ccccc3)cc2-c2oc3ccc(N(c4ccccc4)c4c(F)cc(-c5ccccc5)cc4-c4ccccc4)cc3c21.Cc1cc(C)c(N(c2ccc(C(C)(C)C)cc2)c2ccc3c(c2)-c2oc4ccc(N(c5ccc(C(C)(C)C)cc5)c5c(C)cc(C)cc5C)cc4c2[Si]3(C)C)c(C)c1. The van der Waals surface area contributed by atoms with Gasteiger partial charge in [0.05, 0.1) is 22.7 Å². The summed E-state index contributed by atoms with van der Waals surface area (Å²) in [5, 5.41) is 7.46. The lowest BCUT2D eigenvalue weighted by molar-refractivity contribution is 0.590. The molecule has 0 saturated heterocycles. The molecular formula is C118H106F2N4O2Si2. The highest BCUT2D eigenvalue weighted by atomic mass is 28.3. The molecule has 0 spiro atoms. The molecule has 6 nitrogen and oxygen atoms in total. The van der Waals surface area contributed by atoms with Crippen molar-refractivity contribution in [1.82, 2.24) is 0 Å². The highest BCUT2D eigenvalue weighted by molar-refractivity contribution is 7.05. The minimum atomic E-state index is -2.44. The second-order valence-corrected chi connectivity index (χ2v) is 46.5. The first-order valence-corrected chi connectivity index (χ1v) is 50.6. The first-order valence-electron chi connectivity index (χ1n) is 44.6. The van der Waals surface area contributed by atoms with E-state index in [1.807, 2.05) is 204 Å². The van der Waals surface area contributed by atoms with Crippen molar-refractivity contribution in [2.75, 3.05) is 19.6 Å². The summed E-state index contributed by atoms with van der Waals surface area (Å²) in [5.74, 6) is 1.19. The molecule has 18 aromatic rings. The number of rotatable bonds is 16. The Labute approximate surface area is 754 Å². The first kappa shape index (κ1) is 83.6. The van der Waals surface area contributed by atoms with Gasteiger partial charge < -0.3 is 28.4 Å². The van der Waals surface area contributed by atoms with Crippen LogP contribution in [0.2, 0.25) is 26.2 Å². The number of fused-ring (bicyclic) bond motifs is 10. The topological polar surface area (TPSA) is 39.2 Å². The number of furan rings is 2. The van der Waals surface area contributed by atoms with E-state index in [4.69, 9.17) is 8.83 Å². The fraction of sp³-hybridized carbons (Fsp3) is 0.153. The van der Waals surface area contributed by atoms with Gasteiger partial charge in [-0.15, -0.1) is 0 Å². The van der Waals surface area contributed by atoms with E-state index in [-0.39, 0.29) is 22.5 Å². The third kappa shape index (κ3) is 15.2. The molecule has 4 heterocycles. The van der Waals surface area contributed by atoms with E-state index < -0.39 is 16.1 Å². The molecule has 0 N–H and O–H groups in total. The fourth-order valence-corrected chi connectivity index (χ4v) is 26.6. The predicted octanol–water partition coefficient (Wildman–Crippen LogP) is 31.7. The van der Waals surface area contributed by atoms with Crippen LogP contribution in [0.15, 0.2) is 361 Å². The Morgan fingerprint density at radius 1 is 0.250 bits per heavy atom. The minimum Gasteiger partial charge on any atom is -0.456 e. The normalized spacial score (nSPS) is 12.9. The molecule has 10 heteroatoms. The molecule has 0 bridgehead atoms. The Kier molecular flexibility index (Phi) is 21.4. The third-order valence-corrected chi connectivity index (χ3v) is 33.2. The molecule has 16 aromatic carbocycles. The zero-order chi connectivity index (χ0) is 89.0. The monoisotopic (exact) mass is 1700 g/mol. The molecule has 0 radical (unpaired) electrons. The molecule has 0 amide bonds. The van der Waals surface area contributed by atoms with E-state index in [2.05, 4.69) is 265 Å². The predicted molar refractivity (Wildman–Crippen MR) is 543 cm³/mol. The van der Waals surface area contributed by atoms with Gasteiger partial charge in [-0.25, -0.2) is 8.78 Å². The van der Waals surface area contributed by atoms with Gasteiger partial charge >= 0.3 is 0 Å². The molecule has 128 heavy (non-hydrogen) atoms. The Balaban J connectivity index is 0.000000170. The lowest BCUT2D eigenvalue weighted by Crippen LogP contribution is -2.49.